The third kappa shape index (κ3) is 6.16. The van der Waals surface area contributed by atoms with E-state index in [0.29, 0.717) is 48.7 Å². The van der Waals surface area contributed by atoms with Crippen LogP contribution < -0.4 is 15.0 Å². The molecule has 11 heteroatoms. The number of aromatic nitrogens is 2. The third-order valence-corrected chi connectivity index (χ3v) is 8.09. The minimum absolute atomic E-state index is 0.168. The monoisotopic (exact) mass is 569 g/mol. The molecule has 42 heavy (non-hydrogen) atoms. The molecular formula is C31H35N7O4. The number of hydrogen-bond donors (Lipinski definition) is 2. The van der Waals surface area contributed by atoms with Crippen LogP contribution in [0.4, 0.5) is 17.3 Å². The van der Waals surface area contributed by atoms with Crippen molar-refractivity contribution in [3.63, 3.8) is 0 Å². The van der Waals surface area contributed by atoms with Crippen LogP contribution in [0.5, 0.6) is 5.75 Å². The van der Waals surface area contributed by atoms with E-state index in [2.05, 4.69) is 43.3 Å². The standard InChI is InChI=1S/C31H35N7O4/c1-21(39)30(40)38-16-22(17-38)18-42-29-7-2-23(14-24(29)15-32)28-8-9-33-31(35-28)34-25-3-5-26(6-4-25)36-10-12-37(13-11-36)27-19-41-20-27/h2-9,14,21-22,27,39H,10-13,16-20H2,1H3,(H,33,34,35)/t21-/m0/s1. The van der Waals surface area contributed by atoms with Crippen molar-refractivity contribution in [2.45, 2.75) is 19.1 Å². The zero-order valence-electron chi connectivity index (χ0n) is 23.6. The normalized spacial score (nSPS) is 18.5. The summed E-state index contributed by atoms with van der Waals surface area (Å²) in [6, 6.07) is 18.4. The Morgan fingerprint density at radius 2 is 1.90 bits per heavy atom. The Morgan fingerprint density at radius 1 is 1.14 bits per heavy atom. The number of aliphatic hydroxyl groups is 1. The lowest BCUT2D eigenvalue weighted by atomic mass is 10.0. The Hall–Kier alpha value is -4.24. The summed E-state index contributed by atoms with van der Waals surface area (Å²) in [7, 11) is 0. The van der Waals surface area contributed by atoms with Crippen LogP contribution in [0.3, 0.4) is 0 Å². The molecule has 0 unspecified atom stereocenters. The number of hydrogen-bond acceptors (Lipinski definition) is 10. The number of likely N-dealkylation sites (tertiary alicyclic amines) is 1. The van der Waals surface area contributed by atoms with E-state index in [1.54, 1.807) is 23.2 Å². The molecule has 0 aliphatic carbocycles. The topological polar surface area (TPSA) is 127 Å². The van der Waals surface area contributed by atoms with Crippen LogP contribution >= 0.6 is 0 Å². The summed E-state index contributed by atoms with van der Waals surface area (Å²) in [4.78, 5) is 27.4. The Kier molecular flexibility index (Phi) is 8.19. The van der Waals surface area contributed by atoms with Crippen molar-refractivity contribution in [3.05, 3.63) is 60.3 Å². The van der Waals surface area contributed by atoms with Gasteiger partial charge in [0.15, 0.2) is 0 Å². The number of ether oxygens (including phenoxy) is 2. The number of anilines is 3. The summed E-state index contributed by atoms with van der Waals surface area (Å²) < 4.78 is 11.3. The molecule has 1 atom stereocenters. The molecule has 3 aromatic rings. The van der Waals surface area contributed by atoms with Gasteiger partial charge in [-0.1, -0.05) is 0 Å². The predicted octanol–water partition coefficient (Wildman–Crippen LogP) is 2.50. The highest BCUT2D eigenvalue weighted by atomic mass is 16.5. The molecule has 0 bridgehead atoms. The average molecular weight is 570 g/mol. The summed E-state index contributed by atoms with van der Waals surface area (Å²) in [6.45, 7) is 8.79. The maximum atomic E-state index is 11.8. The second-order valence-corrected chi connectivity index (χ2v) is 11.1. The number of benzene rings is 2. The number of nitriles is 1. The van der Waals surface area contributed by atoms with Gasteiger partial charge in [0.05, 0.1) is 37.1 Å². The largest absolute Gasteiger partial charge is 0.492 e. The quantitative estimate of drug-likeness (QED) is 0.397. The first-order valence-corrected chi connectivity index (χ1v) is 14.4. The number of carbonyl (C=O) groups excluding carboxylic acids is 1. The number of carbonyl (C=O) groups is 1. The van der Waals surface area contributed by atoms with Gasteiger partial charge in [0.1, 0.15) is 17.9 Å². The molecule has 1 amide bonds. The highest BCUT2D eigenvalue weighted by Gasteiger charge is 2.33. The molecule has 2 N–H and O–H groups in total. The fraction of sp³-hybridized carbons (Fsp3) is 0.419. The molecule has 0 saturated carbocycles. The van der Waals surface area contributed by atoms with Crippen LogP contribution in [-0.4, -0.2) is 102 Å². The van der Waals surface area contributed by atoms with Crippen LogP contribution in [0.1, 0.15) is 12.5 Å². The number of piperazine rings is 1. The van der Waals surface area contributed by atoms with Gasteiger partial charge in [-0.05, 0) is 55.5 Å². The molecule has 4 heterocycles. The Balaban J connectivity index is 1.04. The molecule has 6 rings (SSSR count). The number of nitrogens with one attached hydrogen (secondary N) is 1. The van der Waals surface area contributed by atoms with Gasteiger partial charge < -0.3 is 29.7 Å². The molecule has 0 spiro atoms. The minimum atomic E-state index is -0.993. The first-order chi connectivity index (χ1) is 20.5. The van der Waals surface area contributed by atoms with E-state index in [0.717, 1.165) is 50.6 Å². The molecule has 1 aromatic heterocycles. The van der Waals surface area contributed by atoms with Crippen molar-refractivity contribution in [1.82, 2.24) is 19.8 Å². The van der Waals surface area contributed by atoms with Crippen LogP contribution in [-0.2, 0) is 9.53 Å². The van der Waals surface area contributed by atoms with Crippen molar-refractivity contribution < 1.29 is 19.4 Å². The van der Waals surface area contributed by atoms with Gasteiger partial charge in [-0.2, -0.15) is 5.26 Å². The Bertz CT molecular complexity index is 1440. The van der Waals surface area contributed by atoms with Gasteiger partial charge in [0.25, 0.3) is 5.91 Å². The van der Waals surface area contributed by atoms with E-state index in [9.17, 15) is 15.2 Å². The molecule has 3 saturated heterocycles. The lowest BCUT2D eigenvalue weighted by molar-refractivity contribution is -0.146. The average Bonchev–Trinajstić information content (AvgIpc) is 2.96. The van der Waals surface area contributed by atoms with Gasteiger partial charge in [-0.15, -0.1) is 0 Å². The van der Waals surface area contributed by atoms with Gasteiger partial charge >= 0.3 is 0 Å². The Morgan fingerprint density at radius 3 is 2.57 bits per heavy atom. The molecule has 3 fully saturated rings. The van der Waals surface area contributed by atoms with Crippen molar-refractivity contribution in [3.8, 4) is 23.1 Å². The lowest BCUT2D eigenvalue weighted by Crippen LogP contribution is -2.56. The molecular weight excluding hydrogens is 534 g/mol. The first-order valence-electron chi connectivity index (χ1n) is 14.4. The zero-order valence-corrected chi connectivity index (χ0v) is 23.6. The number of rotatable bonds is 9. The summed E-state index contributed by atoms with van der Waals surface area (Å²) in [5.41, 5.74) is 3.98. The SMILES string of the molecule is C[C@H](O)C(=O)N1CC(COc2ccc(-c3ccnc(Nc4ccc(N5CCN(C6COC6)CC5)cc4)n3)cc2C#N)C1. The second-order valence-electron chi connectivity index (χ2n) is 11.1. The zero-order chi connectivity index (χ0) is 29.1. The molecule has 2 aromatic carbocycles. The van der Waals surface area contributed by atoms with Crippen molar-refractivity contribution in [1.29, 1.82) is 5.26 Å². The lowest BCUT2D eigenvalue weighted by Gasteiger charge is -2.43. The Labute approximate surface area is 245 Å². The number of aliphatic hydroxyl groups excluding tert-OH is 1. The van der Waals surface area contributed by atoms with E-state index in [1.807, 2.05) is 24.3 Å². The summed E-state index contributed by atoms with van der Waals surface area (Å²) in [5, 5.41) is 22.5. The summed E-state index contributed by atoms with van der Waals surface area (Å²) >= 11 is 0. The summed E-state index contributed by atoms with van der Waals surface area (Å²) in [6.07, 6.45) is 0.700. The van der Waals surface area contributed by atoms with Crippen molar-refractivity contribution in [2.24, 2.45) is 5.92 Å². The van der Waals surface area contributed by atoms with Gasteiger partial charge in [-0.25, -0.2) is 9.97 Å². The second kappa shape index (κ2) is 12.3. The predicted molar refractivity (Wildman–Crippen MR) is 158 cm³/mol. The van der Waals surface area contributed by atoms with Crippen molar-refractivity contribution >= 4 is 23.2 Å². The molecule has 0 radical (unpaired) electrons. The van der Waals surface area contributed by atoms with Crippen molar-refractivity contribution in [2.75, 3.05) is 69.3 Å². The highest BCUT2D eigenvalue weighted by Crippen LogP contribution is 2.28. The molecule has 3 aliphatic heterocycles. The molecule has 3 aliphatic rings. The van der Waals surface area contributed by atoms with E-state index >= 15 is 0 Å². The fourth-order valence-corrected chi connectivity index (χ4v) is 5.47. The maximum absolute atomic E-state index is 11.8. The van der Waals surface area contributed by atoms with Crippen LogP contribution in [0.15, 0.2) is 54.7 Å². The third-order valence-electron chi connectivity index (χ3n) is 8.09. The minimum Gasteiger partial charge on any atom is -0.492 e. The molecule has 11 nitrogen and oxygen atoms in total. The van der Waals surface area contributed by atoms with E-state index in [1.165, 1.54) is 12.6 Å². The molecule has 218 valence electrons. The van der Waals surface area contributed by atoms with E-state index in [4.69, 9.17) is 9.47 Å². The number of nitrogens with zero attached hydrogens (tertiary/aromatic N) is 6. The van der Waals surface area contributed by atoms with E-state index < -0.39 is 6.10 Å². The van der Waals surface area contributed by atoms with Gasteiger partial charge in [0, 0.05) is 68.3 Å². The number of amides is 1. The maximum Gasteiger partial charge on any atom is 0.251 e. The highest BCUT2D eigenvalue weighted by molar-refractivity contribution is 5.81. The smallest absolute Gasteiger partial charge is 0.251 e. The van der Waals surface area contributed by atoms with Crippen LogP contribution in [0, 0.1) is 17.2 Å². The van der Waals surface area contributed by atoms with E-state index in [-0.39, 0.29) is 11.8 Å². The first kappa shape index (κ1) is 27.9. The van der Waals surface area contributed by atoms with Gasteiger partial charge in [-0.3, -0.25) is 9.69 Å². The van der Waals surface area contributed by atoms with Crippen LogP contribution in [0.25, 0.3) is 11.3 Å². The summed E-state index contributed by atoms with van der Waals surface area (Å²) in [5.74, 6) is 0.860. The van der Waals surface area contributed by atoms with Crippen LogP contribution in [0.2, 0.25) is 0 Å². The van der Waals surface area contributed by atoms with Gasteiger partial charge in [0.2, 0.25) is 5.95 Å². The fourth-order valence-electron chi connectivity index (χ4n) is 5.47.